The fourth-order valence-corrected chi connectivity index (χ4v) is 2.93. The largest absolute Gasteiger partial charge is 0.396 e. The van der Waals surface area contributed by atoms with E-state index in [2.05, 4.69) is 29.0 Å². The highest BCUT2D eigenvalue weighted by Crippen LogP contribution is 2.44. The van der Waals surface area contributed by atoms with Crippen LogP contribution in [0.4, 0.5) is 5.69 Å². The first-order valence-electron chi connectivity index (χ1n) is 8.71. The monoisotopic (exact) mass is 343 g/mol. The molecule has 0 spiro atoms. The van der Waals surface area contributed by atoms with Gasteiger partial charge in [-0.2, -0.15) is 0 Å². The Morgan fingerprint density at radius 2 is 2.00 bits per heavy atom. The van der Waals surface area contributed by atoms with Gasteiger partial charge in [-0.1, -0.05) is 13.8 Å². The number of amides is 2. The number of anilines is 1. The molecule has 3 rings (SSSR count). The second kappa shape index (κ2) is 6.88. The van der Waals surface area contributed by atoms with E-state index in [4.69, 9.17) is 0 Å². The van der Waals surface area contributed by atoms with Crippen molar-refractivity contribution in [2.75, 3.05) is 18.5 Å². The van der Waals surface area contributed by atoms with E-state index in [1.54, 1.807) is 6.07 Å². The fourth-order valence-electron chi connectivity index (χ4n) is 2.93. The van der Waals surface area contributed by atoms with Gasteiger partial charge in [-0.15, -0.1) is 0 Å². The molecule has 1 aromatic carbocycles. The van der Waals surface area contributed by atoms with Gasteiger partial charge < -0.3 is 20.3 Å². The van der Waals surface area contributed by atoms with Crippen molar-refractivity contribution in [3.8, 4) is 0 Å². The second-order valence-electron chi connectivity index (χ2n) is 7.43. The van der Waals surface area contributed by atoms with Gasteiger partial charge in [-0.3, -0.25) is 9.59 Å². The molecule has 1 saturated carbocycles. The zero-order chi connectivity index (χ0) is 18.0. The standard InChI is InChI=1S/C19H25N3O3/c1-13(2)10-22-8-5-14-9-15(3-4-16(14)22)21-18(25)17(24)20-11-19(12-23)6-7-19/h3-5,8-9,13,23H,6-7,10-12H2,1-2H3,(H,20,24)(H,21,25). The average molecular weight is 343 g/mol. The van der Waals surface area contributed by atoms with Crippen molar-refractivity contribution in [3.63, 3.8) is 0 Å². The molecule has 0 bridgehead atoms. The van der Waals surface area contributed by atoms with E-state index in [0.717, 1.165) is 30.3 Å². The number of aliphatic hydroxyl groups is 1. The van der Waals surface area contributed by atoms with Crippen LogP contribution in [0.2, 0.25) is 0 Å². The number of hydrogen-bond acceptors (Lipinski definition) is 3. The minimum absolute atomic E-state index is 0.0406. The molecule has 1 aliphatic carbocycles. The number of nitrogens with one attached hydrogen (secondary N) is 2. The minimum Gasteiger partial charge on any atom is -0.396 e. The van der Waals surface area contributed by atoms with Crippen LogP contribution in [0.25, 0.3) is 10.9 Å². The molecule has 3 N–H and O–H groups in total. The molecule has 25 heavy (non-hydrogen) atoms. The van der Waals surface area contributed by atoms with Crippen LogP contribution in [0.15, 0.2) is 30.5 Å². The quantitative estimate of drug-likeness (QED) is 0.703. The topological polar surface area (TPSA) is 83.4 Å². The normalized spacial score (nSPS) is 15.4. The maximum atomic E-state index is 12.0. The highest BCUT2D eigenvalue weighted by molar-refractivity contribution is 6.39. The molecule has 2 aromatic rings. The Bertz CT molecular complexity index is 790. The lowest BCUT2D eigenvalue weighted by molar-refractivity contribution is -0.136. The fraction of sp³-hybridized carbons (Fsp3) is 0.474. The van der Waals surface area contributed by atoms with Gasteiger partial charge in [0.05, 0.1) is 6.61 Å². The van der Waals surface area contributed by atoms with Gasteiger partial charge in [-0.25, -0.2) is 0 Å². The molecule has 1 heterocycles. The van der Waals surface area contributed by atoms with Gasteiger partial charge in [0.15, 0.2) is 0 Å². The van der Waals surface area contributed by atoms with Crippen molar-refractivity contribution in [2.24, 2.45) is 11.3 Å². The predicted octanol–water partition coefficient (Wildman–Crippen LogP) is 2.12. The lowest BCUT2D eigenvalue weighted by atomic mass is 10.1. The molecule has 0 radical (unpaired) electrons. The van der Waals surface area contributed by atoms with Crippen LogP contribution in [0, 0.1) is 11.3 Å². The molecule has 6 nitrogen and oxygen atoms in total. The van der Waals surface area contributed by atoms with Crippen LogP contribution in [-0.2, 0) is 16.1 Å². The Morgan fingerprint density at radius 3 is 2.64 bits per heavy atom. The molecule has 0 aliphatic heterocycles. The van der Waals surface area contributed by atoms with Crippen molar-refractivity contribution >= 4 is 28.4 Å². The lowest BCUT2D eigenvalue weighted by Crippen LogP contribution is -2.39. The van der Waals surface area contributed by atoms with Crippen molar-refractivity contribution < 1.29 is 14.7 Å². The Kier molecular flexibility index (Phi) is 4.81. The SMILES string of the molecule is CC(C)Cn1ccc2cc(NC(=O)C(=O)NCC3(CO)CC3)ccc21. The molecule has 0 atom stereocenters. The number of benzene rings is 1. The van der Waals surface area contributed by atoms with E-state index in [1.165, 1.54) is 0 Å². The van der Waals surface area contributed by atoms with Crippen molar-refractivity contribution in [2.45, 2.75) is 33.2 Å². The number of nitrogens with zero attached hydrogens (tertiary/aromatic N) is 1. The van der Waals surface area contributed by atoms with Gasteiger partial charge in [0.25, 0.3) is 0 Å². The summed E-state index contributed by atoms with van der Waals surface area (Å²) in [5.74, 6) is -0.806. The Balaban J connectivity index is 1.62. The number of rotatable bonds is 6. The van der Waals surface area contributed by atoms with Crippen LogP contribution < -0.4 is 10.6 Å². The first-order chi connectivity index (χ1) is 11.9. The first-order valence-corrected chi connectivity index (χ1v) is 8.71. The van der Waals surface area contributed by atoms with E-state index >= 15 is 0 Å². The van der Waals surface area contributed by atoms with E-state index < -0.39 is 11.8 Å². The van der Waals surface area contributed by atoms with E-state index in [-0.39, 0.29) is 12.0 Å². The molecular formula is C19H25N3O3. The lowest BCUT2D eigenvalue weighted by Gasteiger charge is -2.12. The molecule has 1 aliphatic rings. The first kappa shape index (κ1) is 17.5. The molecule has 134 valence electrons. The van der Waals surface area contributed by atoms with E-state index in [1.807, 2.05) is 24.4 Å². The summed E-state index contributed by atoms with van der Waals surface area (Å²) in [5, 5.41) is 15.5. The van der Waals surface area contributed by atoms with Crippen LogP contribution >= 0.6 is 0 Å². The third-order valence-electron chi connectivity index (χ3n) is 4.71. The number of aliphatic hydroxyl groups excluding tert-OH is 1. The minimum atomic E-state index is -0.685. The highest BCUT2D eigenvalue weighted by atomic mass is 16.3. The third-order valence-corrected chi connectivity index (χ3v) is 4.71. The average Bonchev–Trinajstić information content (AvgIpc) is 3.27. The molecule has 1 fully saturated rings. The summed E-state index contributed by atoms with van der Waals surface area (Å²) in [7, 11) is 0. The molecule has 2 amide bonds. The van der Waals surface area contributed by atoms with Crippen LogP contribution in [0.1, 0.15) is 26.7 Å². The van der Waals surface area contributed by atoms with Crippen LogP contribution in [0.5, 0.6) is 0 Å². The van der Waals surface area contributed by atoms with E-state index in [9.17, 15) is 14.7 Å². The number of hydrogen-bond donors (Lipinski definition) is 3. The van der Waals surface area contributed by atoms with Crippen LogP contribution in [-0.4, -0.2) is 34.6 Å². The second-order valence-corrected chi connectivity index (χ2v) is 7.43. The summed E-state index contributed by atoms with van der Waals surface area (Å²) in [5.41, 5.74) is 1.49. The van der Waals surface area contributed by atoms with Gasteiger partial charge >= 0.3 is 11.8 Å². The molecule has 0 unspecified atom stereocenters. The summed E-state index contributed by atoms with van der Waals surface area (Å²) in [4.78, 5) is 24.0. The van der Waals surface area contributed by atoms with E-state index in [0.29, 0.717) is 18.2 Å². The Morgan fingerprint density at radius 1 is 1.24 bits per heavy atom. The maximum Gasteiger partial charge on any atom is 0.313 e. The van der Waals surface area contributed by atoms with Crippen LogP contribution in [0.3, 0.4) is 0 Å². The zero-order valence-electron chi connectivity index (χ0n) is 14.7. The van der Waals surface area contributed by atoms with Gasteiger partial charge in [0, 0.05) is 41.3 Å². The van der Waals surface area contributed by atoms with Gasteiger partial charge in [0.1, 0.15) is 0 Å². The molecule has 6 heteroatoms. The summed E-state index contributed by atoms with van der Waals surface area (Å²) in [6.45, 7) is 5.65. The zero-order valence-corrected chi connectivity index (χ0v) is 14.7. The molecular weight excluding hydrogens is 318 g/mol. The summed E-state index contributed by atoms with van der Waals surface area (Å²) in [6.07, 6.45) is 3.80. The number of aromatic nitrogens is 1. The highest BCUT2D eigenvalue weighted by Gasteiger charge is 2.42. The molecule has 0 saturated heterocycles. The van der Waals surface area contributed by atoms with Crippen molar-refractivity contribution in [1.29, 1.82) is 0 Å². The smallest absolute Gasteiger partial charge is 0.313 e. The predicted molar refractivity (Wildman–Crippen MR) is 97.2 cm³/mol. The number of carbonyl (C=O) groups excluding carboxylic acids is 2. The summed E-state index contributed by atoms with van der Waals surface area (Å²) < 4.78 is 2.18. The van der Waals surface area contributed by atoms with Crippen molar-refractivity contribution in [3.05, 3.63) is 30.5 Å². The number of fused-ring (bicyclic) bond motifs is 1. The Labute approximate surface area is 147 Å². The number of carbonyl (C=O) groups is 2. The summed E-state index contributed by atoms with van der Waals surface area (Å²) in [6, 6.07) is 7.63. The Hall–Kier alpha value is -2.34. The summed E-state index contributed by atoms with van der Waals surface area (Å²) >= 11 is 0. The third kappa shape index (κ3) is 4.02. The van der Waals surface area contributed by atoms with Gasteiger partial charge in [-0.05, 0) is 43.0 Å². The molecule has 1 aromatic heterocycles. The van der Waals surface area contributed by atoms with Crippen molar-refractivity contribution in [1.82, 2.24) is 9.88 Å². The maximum absolute atomic E-state index is 12.0. The van der Waals surface area contributed by atoms with Gasteiger partial charge in [0.2, 0.25) is 0 Å².